The van der Waals surface area contributed by atoms with Crippen molar-refractivity contribution in [3.8, 4) is 5.75 Å². The van der Waals surface area contributed by atoms with Gasteiger partial charge in [0.15, 0.2) is 0 Å². The van der Waals surface area contributed by atoms with E-state index < -0.39 is 0 Å². The number of amides is 1. The van der Waals surface area contributed by atoms with Crippen molar-refractivity contribution in [2.45, 2.75) is 13.0 Å². The van der Waals surface area contributed by atoms with Gasteiger partial charge in [0.05, 0.1) is 19.6 Å². The lowest BCUT2D eigenvalue weighted by Crippen LogP contribution is -2.50. The third-order valence-corrected chi connectivity index (χ3v) is 4.83. The van der Waals surface area contributed by atoms with Crippen LogP contribution in [0.4, 0.5) is 0 Å². The van der Waals surface area contributed by atoms with Crippen LogP contribution in [-0.2, 0) is 16.1 Å². The molecule has 1 aromatic rings. The standard InChI is InChI=1S/C17H23ClN2O3/c1-22-16-3-2-15(18)10-14(16)11-19-5-7-20(8-6-19)17(21)13-4-9-23-12-13/h2-3,10,13H,4-9,11-12H2,1H3/t13-/m0/s1. The number of piperazine rings is 1. The SMILES string of the molecule is COc1ccc(Cl)cc1CN1CCN(C(=O)[C@H]2CCOC2)CC1. The Balaban J connectivity index is 1.55. The minimum absolute atomic E-state index is 0.0644. The summed E-state index contributed by atoms with van der Waals surface area (Å²) in [5, 5.41) is 0.718. The summed E-state index contributed by atoms with van der Waals surface area (Å²) < 4.78 is 10.7. The van der Waals surface area contributed by atoms with Gasteiger partial charge in [-0.1, -0.05) is 11.6 Å². The number of halogens is 1. The van der Waals surface area contributed by atoms with E-state index in [2.05, 4.69) is 4.90 Å². The Hall–Kier alpha value is -1.30. The molecule has 0 unspecified atom stereocenters. The molecular formula is C17H23ClN2O3. The highest BCUT2D eigenvalue weighted by molar-refractivity contribution is 6.30. The van der Waals surface area contributed by atoms with Crippen LogP contribution >= 0.6 is 11.6 Å². The van der Waals surface area contributed by atoms with Crippen LogP contribution in [0.2, 0.25) is 5.02 Å². The number of ether oxygens (including phenoxy) is 2. The van der Waals surface area contributed by atoms with Gasteiger partial charge in [0.2, 0.25) is 5.91 Å². The van der Waals surface area contributed by atoms with Crippen molar-refractivity contribution in [2.75, 3.05) is 46.5 Å². The van der Waals surface area contributed by atoms with E-state index in [1.807, 2.05) is 23.1 Å². The van der Waals surface area contributed by atoms with Crippen LogP contribution in [0.25, 0.3) is 0 Å². The zero-order chi connectivity index (χ0) is 16.2. The minimum atomic E-state index is 0.0644. The molecule has 3 rings (SSSR count). The van der Waals surface area contributed by atoms with Crippen LogP contribution in [0.15, 0.2) is 18.2 Å². The molecule has 2 heterocycles. The first-order chi connectivity index (χ1) is 11.2. The second-order valence-corrected chi connectivity index (χ2v) is 6.55. The van der Waals surface area contributed by atoms with E-state index in [1.165, 1.54) is 0 Å². The van der Waals surface area contributed by atoms with Gasteiger partial charge >= 0.3 is 0 Å². The molecule has 2 aliphatic heterocycles. The van der Waals surface area contributed by atoms with Gasteiger partial charge in [0.25, 0.3) is 0 Å². The summed E-state index contributed by atoms with van der Waals surface area (Å²) in [5.74, 6) is 1.17. The predicted octanol–water partition coefficient (Wildman–Crippen LogP) is 2.03. The molecule has 1 amide bonds. The molecule has 2 fully saturated rings. The number of benzene rings is 1. The fraction of sp³-hybridized carbons (Fsp3) is 0.588. The fourth-order valence-corrected chi connectivity index (χ4v) is 3.42. The summed E-state index contributed by atoms with van der Waals surface area (Å²) in [6.07, 6.45) is 0.860. The van der Waals surface area contributed by atoms with Crippen molar-refractivity contribution < 1.29 is 14.3 Å². The number of hydrogen-bond acceptors (Lipinski definition) is 4. The molecule has 0 saturated carbocycles. The van der Waals surface area contributed by atoms with Crippen LogP contribution in [-0.4, -0.2) is 62.2 Å². The van der Waals surface area contributed by atoms with Crippen molar-refractivity contribution in [3.05, 3.63) is 28.8 Å². The number of carbonyl (C=O) groups is 1. The second-order valence-electron chi connectivity index (χ2n) is 6.12. The quantitative estimate of drug-likeness (QED) is 0.842. The number of carbonyl (C=O) groups excluding carboxylic acids is 1. The van der Waals surface area contributed by atoms with Crippen LogP contribution < -0.4 is 4.74 Å². The highest BCUT2D eigenvalue weighted by Crippen LogP contribution is 2.25. The molecule has 0 aromatic heterocycles. The average Bonchev–Trinajstić information content (AvgIpc) is 3.10. The van der Waals surface area contributed by atoms with Gasteiger partial charge in [-0.15, -0.1) is 0 Å². The average molecular weight is 339 g/mol. The van der Waals surface area contributed by atoms with Gasteiger partial charge in [-0.3, -0.25) is 9.69 Å². The van der Waals surface area contributed by atoms with E-state index in [0.29, 0.717) is 13.2 Å². The summed E-state index contributed by atoms with van der Waals surface area (Å²) in [7, 11) is 1.67. The molecule has 1 aromatic carbocycles. The van der Waals surface area contributed by atoms with Gasteiger partial charge in [-0.25, -0.2) is 0 Å². The van der Waals surface area contributed by atoms with Crippen molar-refractivity contribution in [1.82, 2.24) is 9.80 Å². The Morgan fingerprint density at radius 1 is 1.35 bits per heavy atom. The zero-order valence-electron chi connectivity index (χ0n) is 13.5. The van der Waals surface area contributed by atoms with E-state index in [1.54, 1.807) is 7.11 Å². The molecule has 0 aliphatic carbocycles. The summed E-state index contributed by atoms with van der Waals surface area (Å²) in [6, 6.07) is 5.69. The van der Waals surface area contributed by atoms with Crippen molar-refractivity contribution >= 4 is 17.5 Å². The Labute approximate surface area is 142 Å². The molecule has 0 spiro atoms. The number of hydrogen-bond donors (Lipinski definition) is 0. The first-order valence-electron chi connectivity index (χ1n) is 8.08. The fourth-order valence-electron chi connectivity index (χ4n) is 3.23. The predicted molar refractivity (Wildman–Crippen MR) is 88.8 cm³/mol. The van der Waals surface area contributed by atoms with Crippen molar-refractivity contribution in [3.63, 3.8) is 0 Å². The minimum Gasteiger partial charge on any atom is -0.496 e. The van der Waals surface area contributed by atoms with E-state index in [9.17, 15) is 4.79 Å². The Morgan fingerprint density at radius 3 is 2.78 bits per heavy atom. The van der Waals surface area contributed by atoms with Crippen molar-refractivity contribution in [1.29, 1.82) is 0 Å². The lowest BCUT2D eigenvalue weighted by Gasteiger charge is -2.36. The Morgan fingerprint density at radius 2 is 2.13 bits per heavy atom. The van der Waals surface area contributed by atoms with E-state index in [4.69, 9.17) is 21.1 Å². The van der Waals surface area contributed by atoms with Crippen molar-refractivity contribution in [2.24, 2.45) is 5.92 Å². The van der Waals surface area contributed by atoms with Gasteiger partial charge in [0, 0.05) is 49.9 Å². The summed E-state index contributed by atoms with van der Waals surface area (Å²) in [6.45, 7) is 5.38. The summed E-state index contributed by atoms with van der Waals surface area (Å²) >= 11 is 6.09. The van der Waals surface area contributed by atoms with Crippen LogP contribution in [0.3, 0.4) is 0 Å². The largest absolute Gasteiger partial charge is 0.496 e. The van der Waals surface area contributed by atoms with Gasteiger partial charge in [-0.05, 0) is 24.6 Å². The molecule has 1 atom stereocenters. The Bertz CT molecular complexity index is 553. The number of methoxy groups -OCH3 is 1. The molecule has 2 saturated heterocycles. The van der Waals surface area contributed by atoms with Gasteiger partial charge in [-0.2, -0.15) is 0 Å². The smallest absolute Gasteiger partial charge is 0.228 e. The van der Waals surface area contributed by atoms with Crippen LogP contribution in [0.1, 0.15) is 12.0 Å². The number of rotatable bonds is 4. The first-order valence-corrected chi connectivity index (χ1v) is 8.46. The van der Waals surface area contributed by atoms with E-state index in [0.717, 1.165) is 55.5 Å². The monoisotopic (exact) mass is 338 g/mol. The molecule has 0 radical (unpaired) electrons. The molecule has 5 nitrogen and oxygen atoms in total. The molecular weight excluding hydrogens is 316 g/mol. The molecule has 0 bridgehead atoms. The lowest BCUT2D eigenvalue weighted by atomic mass is 10.1. The highest BCUT2D eigenvalue weighted by Gasteiger charge is 2.30. The maximum Gasteiger partial charge on any atom is 0.228 e. The molecule has 23 heavy (non-hydrogen) atoms. The zero-order valence-corrected chi connectivity index (χ0v) is 14.2. The summed E-state index contributed by atoms with van der Waals surface area (Å²) in [4.78, 5) is 16.7. The lowest BCUT2D eigenvalue weighted by molar-refractivity contribution is -0.137. The van der Waals surface area contributed by atoms with Gasteiger partial charge in [0.1, 0.15) is 5.75 Å². The molecule has 2 aliphatic rings. The molecule has 0 N–H and O–H groups in total. The third-order valence-electron chi connectivity index (χ3n) is 4.60. The normalized spacial score (nSPS) is 22.3. The van der Waals surface area contributed by atoms with Gasteiger partial charge < -0.3 is 14.4 Å². The number of nitrogens with zero attached hydrogens (tertiary/aromatic N) is 2. The summed E-state index contributed by atoms with van der Waals surface area (Å²) in [5.41, 5.74) is 1.09. The first kappa shape index (κ1) is 16.6. The van der Waals surface area contributed by atoms with Crippen LogP contribution in [0, 0.1) is 5.92 Å². The third kappa shape index (κ3) is 3.97. The molecule has 126 valence electrons. The Kier molecular flexibility index (Phi) is 5.41. The van der Waals surface area contributed by atoms with E-state index >= 15 is 0 Å². The molecule has 6 heteroatoms. The maximum absolute atomic E-state index is 12.4. The maximum atomic E-state index is 12.4. The van der Waals surface area contributed by atoms with Crippen LogP contribution in [0.5, 0.6) is 5.75 Å². The van der Waals surface area contributed by atoms with E-state index in [-0.39, 0.29) is 11.8 Å². The topological polar surface area (TPSA) is 42.0 Å². The highest BCUT2D eigenvalue weighted by atomic mass is 35.5. The second kappa shape index (κ2) is 7.51.